The van der Waals surface area contributed by atoms with Crippen LogP contribution in [0.3, 0.4) is 0 Å². The minimum atomic E-state index is -0.736. The van der Waals surface area contributed by atoms with Gasteiger partial charge in [-0.15, -0.1) is 0 Å². The van der Waals surface area contributed by atoms with Crippen molar-refractivity contribution >= 4 is 21.9 Å². The first-order valence-corrected chi connectivity index (χ1v) is 8.63. The van der Waals surface area contributed by atoms with E-state index in [1.54, 1.807) is 0 Å². The fraction of sp³-hybridized carbons (Fsp3) is 0.588. The standard InChI is InChI=1S/C17H23BrFNO2/c1-3-17(4-2,16(21)22)10-20-13-7-11(8-13)14-6-5-12(18)9-15(14)19/h5-6,9,11,13,20H,3-4,7-8,10H2,1-2H3,(H,21,22). The van der Waals surface area contributed by atoms with Gasteiger partial charge in [0.15, 0.2) is 0 Å². The van der Waals surface area contributed by atoms with Gasteiger partial charge in [-0.2, -0.15) is 0 Å². The van der Waals surface area contributed by atoms with E-state index in [2.05, 4.69) is 21.2 Å². The number of halogens is 2. The maximum Gasteiger partial charge on any atom is 0.310 e. The first-order valence-electron chi connectivity index (χ1n) is 7.83. The first-order chi connectivity index (χ1) is 10.4. The van der Waals surface area contributed by atoms with Crippen molar-refractivity contribution < 1.29 is 14.3 Å². The molecule has 2 rings (SSSR count). The third-order valence-electron chi connectivity index (χ3n) is 5.08. The molecule has 1 fully saturated rings. The number of carbonyl (C=O) groups is 1. The summed E-state index contributed by atoms with van der Waals surface area (Å²) in [6.07, 6.45) is 2.95. The van der Waals surface area contributed by atoms with E-state index in [0.717, 1.165) is 22.9 Å². The highest BCUT2D eigenvalue weighted by Gasteiger charge is 2.38. The molecule has 1 aromatic carbocycles. The Hall–Kier alpha value is -0.940. The van der Waals surface area contributed by atoms with Crippen LogP contribution in [0.15, 0.2) is 22.7 Å². The van der Waals surface area contributed by atoms with Crippen molar-refractivity contribution in [3.05, 3.63) is 34.1 Å². The second kappa shape index (κ2) is 7.09. The van der Waals surface area contributed by atoms with E-state index in [-0.39, 0.29) is 17.8 Å². The SMILES string of the molecule is CCC(CC)(CNC1CC(c2ccc(Br)cc2F)C1)C(=O)O. The molecule has 22 heavy (non-hydrogen) atoms. The van der Waals surface area contributed by atoms with Crippen molar-refractivity contribution in [1.82, 2.24) is 5.32 Å². The second-order valence-electron chi connectivity index (χ2n) is 6.20. The number of carboxylic acids is 1. The molecule has 5 heteroatoms. The fourth-order valence-corrected chi connectivity index (χ4v) is 3.42. The number of benzene rings is 1. The zero-order valence-corrected chi connectivity index (χ0v) is 14.6. The lowest BCUT2D eigenvalue weighted by molar-refractivity contribution is -0.149. The molecule has 1 saturated carbocycles. The first kappa shape index (κ1) is 17.4. The van der Waals surface area contributed by atoms with Crippen molar-refractivity contribution in [1.29, 1.82) is 0 Å². The maximum atomic E-state index is 13.9. The van der Waals surface area contributed by atoms with Crippen LogP contribution in [0.4, 0.5) is 4.39 Å². The molecular weight excluding hydrogens is 349 g/mol. The lowest BCUT2D eigenvalue weighted by atomic mass is 9.74. The lowest BCUT2D eigenvalue weighted by Crippen LogP contribution is -2.48. The zero-order valence-electron chi connectivity index (χ0n) is 13.0. The van der Waals surface area contributed by atoms with Crippen molar-refractivity contribution in [3.8, 4) is 0 Å². The summed E-state index contributed by atoms with van der Waals surface area (Å²) in [6, 6.07) is 5.48. The van der Waals surface area contributed by atoms with Crippen molar-refractivity contribution in [2.75, 3.05) is 6.54 Å². The van der Waals surface area contributed by atoms with Crippen molar-refractivity contribution in [2.24, 2.45) is 5.41 Å². The number of carboxylic acid groups (broad SMARTS) is 1. The maximum absolute atomic E-state index is 13.9. The van der Waals surface area contributed by atoms with Crippen LogP contribution in [0, 0.1) is 11.2 Å². The summed E-state index contributed by atoms with van der Waals surface area (Å²) in [5.74, 6) is -0.673. The highest BCUT2D eigenvalue weighted by atomic mass is 79.9. The summed E-state index contributed by atoms with van der Waals surface area (Å²) in [7, 11) is 0. The fourth-order valence-electron chi connectivity index (χ4n) is 3.09. The van der Waals surface area contributed by atoms with Crippen molar-refractivity contribution in [2.45, 2.75) is 51.5 Å². The Bertz CT molecular complexity index is 539. The number of hydrogen-bond acceptors (Lipinski definition) is 2. The predicted octanol–water partition coefficient (Wildman–Crippen LogP) is 4.31. The van der Waals surface area contributed by atoms with Crippen LogP contribution in [0.5, 0.6) is 0 Å². The van der Waals surface area contributed by atoms with Crippen LogP contribution in [0.1, 0.15) is 51.0 Å². The van der Waals surface area contributed by atoms with Gasteiger partial charge in [-0.3, -0.25) is 4.79 Å². The van der Waals surface area contributed by atoms with Crippen LogP contribution < -0.4 is 5.32 Å². The van der Waals surface area contributed by atoms with E-state index in [1.807, 2.05) is 26.0 Å². The number of hydrogen-bond donors (Lipinski definition) is 2. The van der Waals surface area contributed by atoms with Gasteiger partial charge in [0.05, 0.1) is 5.41 Å². The zero-order chi connectivity index (χ0) is 16.3. The molecule has 3 nitrogen and oxygen atoms in total. The molecule has 0 saturated heterocycles. The minimum Gasteiger partial charge on any atom is -0.481 e. The third-order valence-corrected chi connectivity index (χ3v) is 5.57. The Morgan fingerprint density at radius 1 is 1.41 bits per heavy atom. The molecule has 0 heterocycles. The normalized spacial score (nSPS) is 21.5. The van der Waals surface area contributed by atoms with E-state index in [4.69, 9.17) is 0 Å². The van der Waals surface area contributed by atoms with E-state index in [1.165, 1.54) is 6.07 Å². The molecule has 122 valence electrons. The topological polar surface area (TPSA) is 49.3 Å². The Labute approximate surface area is 139 Å². The smallest absolute Gasteiger partial charge is 0.310 e. The highest BCUT2D eigenvalue weighted by molar-refractivity contribution is 9.10. The van der Waals surface area contributed by atoms with Crippen LogP contribution in [-0.4, -0.2) is 23.7 Å². The lowest BCUT2D eigenvalue weighted by Gasteiger charge is -2.39. The average molecular weight is 372 g/mol. The van der Waals surface area contributed by atoms with E-state index in [0.29, 0.717) is 19.4 Å². The molecule has 0 atom stereocenters. The third kappa shape index (κ3) is 3.51. The molecule has 0 aromatic heterocycles. The van der Waals surface area contributed by atoms with Gasteiger partial charge in [-0.05, 0) is 49.3 Å². The van der Waals surface area contributed by atoms with Crippen molar-refractivity contribution in [3.63, 3.8) is 0 Å². The van der Waals surface area contributed by atoms with Gasteiger partial charge in [-0.1, -0.05) is 35.8 Å². The highest BCUT2D eigenvalue weighted by Crippen LogP contribution is 2.39. The summed E-state index contributed by atoms with van der Waals surface area (Å²) in [5.41, 5.74) is 0.0743. The Morgan fingerprint density at radius 3 is 2.55 bits per heavy atom. The van der Waals surface area contributed by atoms with E-state index < -0.39 is 11.4 Å². The monoisotopic (exact) mass is 371 g/mol. The molecular formula is C17H23BrFNO2. The summed E-state index contributed by atoms with van der Waals surface area (Å²) in [4.78, 5) is 11.5. The number of rotatable bonds is 7. The molecule has 2 N–H and O–H groups in total. The minimum absolute atomic E-state index is 0.167. The molecule has 0 aliphatic heterocycles. The summed E-state index contributed by atoms with van der Waals surface area (Å²) in [5, 5.41) is 12.8. The summed E-state index contributed by atoms with van der Waals surface area (Å²) in [6.45, 7) is 4.32. The molecule has 0 bridgehead atoms. The summed E-state index contributed by atoms with van der Waals surface area (Å²) < 4.78 is 14.7. The Kier molecular flexibility index (Phi) is 5.61. The molecule has 1 aliphatic rings. The van der Waals surface area contributed by atoms with Gasteiger partial charge >= 0.3 is 5.97 Å². The second-order valence-corrected chi connectivity index (χ2v) is 7.12. The largest absolute Gasteiger partial charge is 0.481 e. The average Bonchev–Trinajstić information content (AvgIpc) is 2.43. The Balaban J connectivity index is 1.88. The number of aliphatic carboxylic acids is 1. The van der Waals surface area contributed by atoms with Gasteiger partial charge in [0.1, 0.15) is 5.82 Å². The van der Waals surface area contributed by atoms with E-state index >= 15 is 0 Å². The summed E-state index contributed by atoms with van der Waals surface area (Å²) >= 11 is 3.27. The van der Waals surface area contributed by atoms with Gasteiger partial charge in [-0.25, -0.2) is 4.39 Å². The van der Waals surface area contributed by atoms with Gasteiger partial charge < -0.3 is 10.4 Å². The molecule has 0 radical (unpaired) electrons. The quantitative estimate of drug-likeness (QED) is 0.750. The van der Waals surface area contributed by atoms with Gasteiger partial charge in [0.25, 0.3) is 0 Å². The van der Waals surface area contributed by atoms with Gasteiger partial charge in [0, 0.05) is 17.1 Å². The molecule has 0 spiro atoms. The van der Waals surface area contributed by atoms with E-state index in [9.17, 15) is 14.3 Å². The van der Waals surface area contributed by atoms with Crippen LogP contribution in [0.25, 0.3) is 0 Å². The van der Waals surface area contributed by atoms with Crippen LogP contribution in [0.2, 0.25) is 0 Å². The Morgan fingerprint density at radius 2 is 2.05 bits per heavy atom. The molecule has 1 aliphatic carbocycles. The van der Waals surface area contributed by atoms with Crippen LogP contribution >= 0.6 is 15.9 Å². The van der Waals surface area contributed by atoms with Gasteiger partial charge in [0.2, 0.25) is 0 Å². The molecule has 0 amide bonds. The van der Waals surface area contributed by atoms with Crippen LogP contribution in [-0.2, 0) is 4.79 Å². The number of nitrogens with one attached hydrogen (secondary N) is 1. The predicted molar refractivity (Wildman–Crippen MR) is 88.5 cm³/mol. The molecule has 0 unspecified atom stereocenters. The molecule has 1 aromatic rings.